The van der Waals surface area contributed by atoms with E-state index in [1.807, 2.05) is 6.20 Å². The molecule has 4 nitrogen and oxygen atoms in total. The molecule has 0 radical (unpaired) electrons. The van der Waals surface area contributed by atoms with Crippen LogP contribution in [0.5, 0.6) is 0 Å². The molecule has 100 valence electrons. The van der Waals surface area contributed by atoms with Crippen molar-refractivity contribution in [3.05, 3.63) is 42.1 Å². The number of hydrogen-bond donors (Lipinski definition) is 2. The van der Waals surface area contributed by atoms with Gasteiger partial charge in [0.2, 0.25) is 0 Å². The van der Waals surface area contributed by atoms with Gasteiger partial charge in [-0.1, -0.05) is 0 Å². The molecule has 1 saturated heterocycles. The highest BCUT2D eigenvalue weighted by atomic mass is 19.1. The minimum atomic E-state index is -0.222. The smallest absolute Gasteiger partial charge is 0.125 e. The van der Waals surface area contributed by atoms with E-state index in [1.54, 1.807) is 12.1 Å². The Hall–Kier alpha value is -1.72. The largest absolute Gasteiger partial charge is 0.341 e. The molecule has 0 saturated carbocycles. The lowest BCUT2D eigenvalue weighted by molar-refractivity contribution is 0.195. The molecule has 0 amide bonds. The van der Waals surface area contributed by atoms with Crippen molar-refractivity contribution in [2.75, 3.05) is 26.7 Å². The highest BCUT2D eigenvalue weighted by Gasteiger charge is 2.22. The Bertz CT molecular complexity index is 549. The van der Waals surface area contributed by atoms with Gasteiger partial charge in [-0.15, -0.1) is 0 Å². The predicted molar refractivity (Wildman–Crippen MR) is 72.2 cm³/mol. The quantitative estimate of drug-likeness (QED) is 0.865. The van der Waals surface area contributed by atoms with Crippen molar-refractivity contribution < 1.29 is 4.39 Å². The van der Waals surface area contributed by atoms with E-state index >= 15 is 0 Å². The zero-order chi connectivity index (χ0) is 13.2. The Labute approximate surface area is 111 Å². The molecule has 2 aromatic rings. The van der Waals surface area contributed by atoms with Gasteiger partial charge in [0.05, 0.1) is 17.9 Å². The summed E-state index contributed by atoms with van der Waals surface area (Å²) in [7, 11) is 2.10. The van der Waals surface area contributed by atoms with Crippen LogP contribution in [0, 0.1) is 5.82 Å². The number of likely N-dealkylation sites (N-methyl/N-ethyl adjacent to an activating group) is 1. The average molecular weight is 260 g/mol. The van der Waals surface area contributed by atoms with Gasteiger partial charge in [0.1, 0.15) is 11.6 Å². The Morgan fingerprint density at radius 2 is 2.11 bits per heavy atom. The second kappa shape index (κ2) is 5.11. The molecule has 0 aliphatic carbocycles. The molecule has 1 aliphatic rings. The number of H-pyrrole nitrogens is 1. The molecule has 5 heteroatoms. The average Bonchev–Trinajstić information content (AvgIpc) is 2.89. The monoisotopic (exact) mass is 260 g/mol. The van der Waals surface area contributed by atoms with E-state index < -0.39 is 0 Å². The first-order chi connectivity index (χ1) is 9.24. The first-order valence-corrected chi connectivity index (χ1v) is 6.46. The lowest BCUT2D eigenvalue weighted by atomic mass is 10.1. The standard InChI is InChI=1S/C14H17FN4/c1-19-7-6-16-9-13(19)14-17-8-12(18-14)10-2-4-11(15)5-3-10/h2-5,8,13,16H,6-7,9H2,1H3,(H,17,18). The van der Waals surface area contributed by atoms with Gasteiger partial charge in [0, 0.05) is 19.6 Å². The van der Waals surface area contributed by atoms with E-state index in [1.165, 1.54) is 12.1 Å². The van der Waals surface area contributed by atoms with Crippen molar-refractivity contribution in [2.45, 2.75) is 6.04 Å². The van der Waals surface area contributed by atoms with Crippen LogP contribution in [0.15, 0.2) is 30.5 Å². The Kier molecular flexibility index (Phi) is 3.31. The van der Waals surface area contributed by atoms with E-state index in [9.17, 15) is 4.39 Å². The second-order valence-electron chi connectivity index (χ2n) is 4.89. The first kappa shape index (κ1) is 12.3. The molecule has 2 heterocycles. The number of imidazole rings is 1. The summed E-state index contributed by atoms with van der Waals surface area (Å²) < 4.78 is 12.9. The maximum atomic E-state index is 12.9. The van der Waals surface area contributed by atoms with Crippen molar-refractivity contribution in [3.63, 3.8) is 0 Å². The highest BCUT2D eigenvalue weighted by molar-refractivity contribution is 5.58. The van der Waals surface area contributed by atoms with Gasteiger partial charge in [-0.3, -0.25) is 4.90 Å². The van der Waals surface area contributed by atoms with E-state index in [2.05, 4.69) is 27.2 Å². The molecule has 1 aromatic carbocycles. The van der Waals surface area contributed by atoms with Gasteiger partial charge in [-0.2, -0.15) is 0 Å². The summed E-state index contributed by atoms with van der Waals surface area (Å²) in [4.78, 5) is 10.1. The minimum absolute atomic E-state index is 0.222. The third kappa shape index (κ3) is 2.52. The van der Waals surface area contributed by atoms with Gasteiger partial charge in [-0.05, 0) is 36.9 Å². The van der Waals surface area contributed by atoms with Crippen LogP contribution in [0.3, 0.4) is 0 Å². The molecule has 1 atom stereocenters. The normalized spacial score (nSPS) is 20.6. The van der Waals surface area contributed by atoms with Crippen LogP contribution in [-0.2, 0) is 0 Å². The Morgan fingerprint density at radius 3 is 2.84 bits per heavy atom. The summed E-state index contributed by atoms with van der Waals surface area (Å²) in [5.74, 6) is 0.730. The molecule has 1 aliphatic heterocycles. The number of benzene rings is 1. The molecule has 19 heavy (non-hydrogen) atoms. The van der Waals surface area contributed by atoms with Crippen molar-refractivity contribution >= 4 is 0 Å². The number of hydrogen-bond acceptors (Lipinski definition) is 3. The van der Waals surface area contributed by atoms with Crippen molar-refractivity contribution in [1.29, 1.82) is 0 Å². The number of piperazine rings is 1. The topological polar surface area (TPSA) is 44.0 Å². The summed E-state index contributed by atoms with van der Waals surface area (Å²) in [6.07, 6.45) is 1.81. The summed E-state index contributed by atoms with van der Waals surface area (Å²) in [6, 6.07) is 6.71. The van der Waals surface area contributed by atoms with Crippen LogP contribution in [-0.4, -0.2) is 41.5 Å². The predicted octanol–water partition coefficient (Wildman–Crippen LogP) is 1.79. The third-order valence-electron chi connectivity index (χ3n) is 3.58. The molecule has 1 unspecified atom stereocenters. The van der Waals surface area contributed by atoms with Crippen molar-refractivity contribution in [3.8, 4) is 11.3 Å². The summed E-state index contributed by atoms with van der Waals surface area (Å²) in [6.45, 7) is 2.92. The van der Waals surface area contributed by atoms with Gasteiger partial charge in [-0.25, -0.2) is 9.37 Å². The van der Waals surface area contributed by atoms with E-state index in [4.69, 9.17) is 0 Å². The van der Waals surface area contributed by atoms with E-state index in [0.717, 1.165) is 36.7 Å². The molecule has 2 N–H and O–H groups in total. The number of aromatic amines is 1. The number of nitrogens with zero attached hydrogens (tertiary/aromatic N) is 2. The number of aromatic nitrogens is 2. The molecule has 1 fully saturated rings. The molecule has 3 rings (SSSR count). The fourth-order valence-electron chi connectivity index (χ4n) is 2.39. The van der Waals surface area contributed by atoms with Crippen molar-refractivity contribution in [1.82, 2.24) is 20.2 Å². The Balaban J connectivity index is 1.84. The van der Waals surface area contributed by atoms with E-state index in [-0.39, 0.29) is 11.9 Å². The minimum Gasteiger partial charge on any atom is -0.341 e. The van der Waals surface area contributed by atoms with Gasteiger partial charge < -0.3 is 10.3 Å². The van der Waals surface area contributed by atoms with Crippen LogP contribution in [0.1, 0.15) is 11.9 Å². The van der Waals surface area contributed by atoms with Crippen LogP contribution in [0.4, 0.5) is 4.39 Å². The fraction of sp³-hybridized carbons (Fsp3) is 0.357. The first-order valence-electron chi connectivity index (χ1n) is 6.46. The lowest BCUT2D eigenvalue weighted by Crippen LogP contribution is -2.44. The SMILES string of the molecule is CN1CCNCC1c1ncc(-c2ccc(F)cc2)[nH]1. The lowest BCUT2D eigenvalue weighted by Gasteiger charge is -2.31. The second-order valence-corrected chi connectivity index (χ2v) is 4.89. The van der Waals surface area contributed by atoms with Gasteiger partial charge >= 0.3 is 0 Å². The Morgan fingerprint density at radius 1 is 1.32 bits per heavy atom. The number of halogens is 1. The maximum absolute atomic E-state index is 12.9. The van der Waals surface area contributed by atoms with Crippen LogP contribution >= 0.6 is 0 Å². The van der Waals surface area contributed by atoms with Crippen LogP contribution in [0.2, 0.25) is 0 Å². The zero-order valence-corrected chi connectivity index (χ0v) is 10.9. The van der Waals surface area contributed by atoms with Gasteiger partial charge in [0.15, 0.2) is 0 Å². The van der Waals surface area contributed by atoms with Crippen LogP contribution in [0.25, 0.3) is 11.3 Å². The maximum Gasteiger partial charge on any atom is 0.125 e. The molecular formula is C14H17FN4. The zero-order valence-electron chi connectivity index (χ0n) is 10.9. The molecule has 0 spiro atoms. The number of nitrogens with one attached hydrogen (secondary N) is 2. The molecule has 0 bridgehead atoms. The fourth-order valence-corrected chi connectivity index (χ4v) is 2.39. The third-order valence-corrected chi connectivity index (χ3v) is 3.58. The van der Waals surface area contributed by atoms with Crippen molar-refractivity contribution in [2.24, 2.45) is 0 Å². The summed E-state index contributed by atoms with van der Waals surface area (Å²) in [5.41, 5.74) is 1.88. The molecule has 1 aromatic heterocycles. The van der Waals surface area contributed by atoms with Crippen LogP contribution < -0.4 is 5.32 Å². The summed E-state index contributed by atoms with van der Waals surface area (Å²) >= 11 is 0. The van der Waals surface area contributed by atoms with E-state index in [0.29, 0.717) is 0 Å². The highest BCUT2D eigenvalue weighted by Crippen LogP contribution is 2.22. The molecular weight excluding hydrogens is 243 g/mol. The van der Waals surface area contributed by atoms with Gasteiger partial charge in [0.25, 0.3) is 0 Å². The summed E-state index contributed by atoms with van der Waals surface area (Å²) in [5, 5.41) is 3.37. The number of rotatable bonds is 2.